The molecule has 1 aromatic carbocycles. The lowest BCUT2D eigenvalue weighted by atomic mass is 9.87. The van der Waals surface area contributed by atoms with E-state index in [0.717, 1.165) is 0 Å². The zero-order valence-electron chi connectivity index (χ0n) is 11.7. The number of hydrogen-bond acceptors (Lipinski definition) is 3. The second-order valence-corrected chi connectivity index (χ2v) is 4.92. The number of allylic oxidation sites excluding steroid dienone is 2. The van der Waals surface area contributed by atoms with E-state index in [1.807, 2.05) is 0 Å². The quantitative estimate of drug-likeness (QED) is 0.349. The first-order valence-corrected chi connectivity index (χ1v) is 6.41. The van der Waals surface area contributed by atoms with Crippen LogP contribution in [0.2, 0.25) is 0 Å². The number of nitrogens with zero attached hydrogens (tertiary/aromatic N) is 1. The molecule has 0 saturated carbocycles. The molecule has 1 aromatic rings. The van der Waals surface area contributed by atoms with E-state index in [1.165, 1.54) is 30.3 Å². The molecule has 1 aliphatic rings. The summed E-state index contributed by atoms with van der Waals surface area (Å²) in [7, 11) is 0. The monoisotopic (exact) mass is 353 g/mol. The van der Waals surface area contributed by atoms with Gasteiger partial charge in [-0.3, -0.25) is 10.1 Å². The summed E-state index contributed by atoms with van der Waals surface area (Å²) in [6, 6.07) is 7.04. The van der Waals surface area contributed by atoms with Crippen LogP contribution in [-0.2, 0) is 4.74 Å². The summed E-state index contributed by atoms with van der Waals surface area (Å²) in [4.78, 5) is 9.49. The lowest BCUT2D eigenvalue weighted by Crippen LogP contribution is -2.46. The largest absolute Gasteiger partial charge is 0.528 e. The van der Waals surface area contributed by atoms with Crippen LogP contribution in [0.3, 0.4) is 0 Å². The van der Waals surface area contributed by atoms with Crippen LogP contribution in [0, 0.1) is 10.1 Å². The van der Waals surface area contributed by atoms with Crippen molar-refractivity contribution in [2.24, 2.45) is 0 Å². The summed E-state index contributed by atoms with van der Waals surface area (Å²) in [6.45, 7) is 0. The van der Waals surface area contributed by atoms with Crippen LogP contribution in [0.5, 0.6) is 0 Å². The van der Waals surface area contributed by atoms with Crippen molar-refractivity contribution >= 4 is 5.57 Å². The van der Waals surface area contributed by atoms with E-state index in [-0.39, 0.29) is 5.56 Å². The fourth-order valence-corrected chi connectivity index (χ4v) is 2.30. The molecule has 10 heteroatoms. The summed E-state index contributed by atoms with van der Waals surface area (Å²) >= 11 is 0. The smallest absolute Gasteiger partial charge is 0.261 e. The van der Waals surface area contributed by atoms with Gasteiger partial charge in [-0.1, -0.05) is 30.3 Å². The number of benzene rings is 1. The molecule has 0 N–H and O–H groups in total. The minimum Gasteiger partial charge on any atom is -0.261 e. The van der Waals surface area contributed by atoms with Crippen LogP contribution in [0.15, 0.2) is 48.1 Å². The third kappa shape index (κ3) is 3.75. The van der Waals surface area contributed by atoms with Gasteiger partial charge in [0.25, 0.3) is 0 Å². The van der Waals surface area contributed by atoms with E-state index < -0.39 is 40.8 Å². The highest BCUT2D eigenvalue weighted by molar-refractivity contribution is 5.79. The van der Waals surface area contributed by atoms with Gasteiger partial charge >= 0.3 is 18.3 Å². The van der Waals surface area contributed by atoms with Gasteiger partial charge in [-0.05, 0) is 17.2 Å². The Morgan fingerprint density at radius 1 is 1.08 bits per heavy atom. The molecule has 130 valence electrons. The molecular formula is C14H9F6NO3. The number of rotatable bonds is 3. The minimum atomic E-state index is -5.47. The van der Waals surface area contributed by atoms with Crippen molar-refractivity contribution in [1.29, 1.82) is 0 Å². The first-order chi connectivity index (χ1) is 10.9. The van der Waals surface area contributed by atoms with Crippen molar-refractivity contribution in [3.8, 4) is 0 Å². The number of nitro groups is 1. The molecule has 1 atom stereocenters. The Kier molecular flexibility index (Phi) is 4.44. The molecule has 0 radical (unpaired) electrons. The van der Waals surface area contributed by atoms with Gasteiger partial charge in [0, 0.05) is 6.08 Å². The molecule has 0 bridgehead atoms. The average Bonchev–Trinajstić information content (AvgIpc) is 2.45. The van der Waals surface area contributed by atoms with Gasteiger partial charge in [0.1, 0.15) is 0 Å². The van der Waals surface area contributed by atoms with Gasteiger partial charge in [0.05, 0.1) is 16.9 Å². The van der Waals surface area contributed by atoms with Crippen molar-refractivity contribution in [3.63, 3.8) is 0 Å². The Morgan fingerprint density at radius 2 is 1.67 bits per heavy atom. The maximum atomic E-state index is 13.3. The molecule has 1 unspecified atom stereocenters. The van der Waals surface area contributed by atoms with Crippen molar-refractivity contribution < 1.29 is 36.0 Å². The lowest BCUT2D eigenvalue weighted by molar-refractivity contribution is -0.642. The standard InChI is InChI=1S/C14H9F6NO3/c15-13(16,17)11-8-12(21(22)23,24-14(18,19)20)7-6-10(11)9-4-2-1-3-5-9/h1-7H,8H2. The van der Waals surface area contributed by atoms with Gasteiger partial charge in [0.2, 0.25) is 0 Å². The molecule has 0 heterocycles. The molecule has 0 amide bonds. The van der Waals surface area contributed by atoms with Gasteiger partial charge < -0.3 is 0 Å². The summed E-state index contributed by atoms with van der Waals surface area (Å²) in [5.74, 6) is 0. The molecular weight excluding hydrogens is 344 g/mol. The Bertz CT molecular complexity index is 693. The number of halogens is 6. The van der Waals surface area contributed by atoms with Gasteiger partial charge in [-0.15, -0.1) is 13.2 Å². The number of hydrogen-bond donors (Lipinski definition) is 0. The topological polar surface area (TPSA) is 52.4 Å². The summed E-state index contributed by atoms with van der Waals surface area (Å²) < 4.78 is 80.5. The lowest BCUT2D eigenvalue weighted by Gasteiger charge is -2.29. The van der Waals surface area contributed by atoms with E-state index >= 15 is 0 Å². The van der Waals surface area contributed by atoms with Crippen LogP contribution in [0.1, 0.15) is 12.0 Å². The molecule has 0 aliphatic heterocycles. The zero-order chi connectivity index (χ0) is 18.2. The maximum absolute atomic E-state index is 13.3. The van der Waals surface area contributed by atoms with E-state index in [0.29, 0.717) is 12.2 Å². The average molecular weight is 353 g/mol. The highest BCUT2D eigenvalue weighted by Crippen LogP contribution is 2.44. The van der Waals surface area contributed by atoms with Crippen LogP contribution in [-0.4, -0.2) is 23.2 Å². The summed E-state index contributed by atoms with van der Waals surface area (Å²) in [6.07, 6.45) is -11.1. The van der Waals surface area contributed by atoms with E-state index in [1.54, 1.807) is 0 Å². The molecule has 4 nitrogen and oxygen atoms in total. The first-order valence-electron chi connectivity index (χ1n) is 6.41. The van der Waals surface area contributed by atoms with Crippen LogP contribution in [0.25, 0.3) is 5.57 Å². The molecule has 2 rings (SSSR count). The summed E-state index contributed by atoms with van der Waals surface area (Å²) in [5.41, 5.74) is -5.19. The first kappa shape index (κ1) is 18.0. The minimum absolute atomic E-state index is 0.0741. The molecule has 1 aliphatic carbocycles. The van der Waals surface area contributed by atoms with Gasteiger partial charge in [-0.2, -0.15) is 13.2 Å². The Balaban J connectivity index is 2.56. The number of alkyl halides is 6. The maximum Gasteiger partial charge on any atom is 0.528 e. The second-order valence-electron chi connectivity index (χ2n) is 4.92. The van der Waals surface area contributed by atoms with Crippen molar-refractivity contribution in [3.05, 3.63) is 63.7 Å². The third-order valence-corrected chi connectivity index (χ3v) is 3.29. The Morgan fingerprint density at radius 3 is 2.12 bits per heavy atom. The fourth-order valence-electron chi connectivity index (χ4n) is 2.30. The third-order valence-electron chi connectivity index (χ3n) is 3.29. The molecule has 0 aromatic heterocycles. The van der Waals surface area contributed by atoms with E-state index in [2.05, 4.69) is 4.74 Å². The van der Waals surface area contributed by atoms with Crippen molar-refractivity contribution in [2.75, 3.05) is 0 Å². The second kappa shape index (κ2) is 5.93. The predicted octanol–water partition coefficient (Wildman–Crippen LogP) is 4.47. The van der Waals surface area contributed by atoms with Gasteiger partial charge in [-0.25, -0.2) is 4.74 Å². The molecule has 0 fully saturated rings. The molecule has 24 heavy (non-hydrogen) atoms. The van der Waals surface area contributed by atoms with E-state index in [4.69, 9.17) is 0 Å². The van der Waals surface area contributed by atoms with Gasteiger partial charge in [0.15, 0.2) is 0 Å². The Hall–Kier alpha value is -2.36. The fraction of sp³-hybridized carbons (Fsp3) is 0.286. The van der Waals surface area contributed by atoms with Crippen LogP contribution in [0.4, 0.5) is 26.3 Å². The predicted molar refractivity (Wildman–Crippen MR) is 70.0 cm³/mol. The van der Waals surface area contributed by atoms with Crippen molar-refractivity contribution in [1.82, 2.24) is 0 Å². The highest BCUT2D eigenvalue weighted by Gasteiger charge is 2.56. The summed E-state index contributed by atoms with van der Waals surface area (Å²) in [5, 5.41) is 11.0. The molecule has 0 spiro atoms. The highest BCUT2D eigenvalue weighted by atomic mass is 19.4. The van der Waals surface area contributed by atoms with Crippen LogP contribution >= 0.6 is 0 Å². The normalized spacial score (nSPS) is 21.9. The van der Waals surface area contributed by atoms with Crippen molar-refractivity contribution in [2.45, 2.75) is 24.7 Å². The van der Waals surface area contributed by atoms with Crippen LogP contribution < -0.4 is 0 Å². The Labute approximate surface area is 131 Å². The molecule has 0 saturated heterocycles. The zero-order valence-corrected chi connectivity index (χ0v) is 11.7. The SMILES string of the molecule is O=[N+]([O-])C1(OC(F)(F)F)C=CC(c2ccccc2)=C(C(F)(F)F)C1. The number of ether oxygens (including phenoxy) is 1. The van der Waals surface area contributed by atoms with E-state index in [9.17, 15) is 36.5 Å².